The minimum atomic E-state index is 0.0416. The number of carbonyl (C=O) groups is 1. The second-order valence-electron chi connectivity index (χ2n) is 6.03. The van der Waals surface area contributed by atoms with Crippen LogP contribution in [0, 0.1) is 6.92 Å². The molecule has 0 bridgehead atoms. The molecule has 1 heterocycles. The molecule has 0 saturated heterocycles. The minimum Gasteiger partial charge on any atom is -0.326 e. The van der Waals surface area contributed by atoms with Crippen LogP contribution >= 0.6 is 0 Å². The first-order valence-corrected chi connectivity index (χ1v) is 8.07. The van der Waals surface area contributed by atoms with Gasteiger partial charge in [0.05, 0.1) is 0 Å². The summed E-state index contributed by atoms with van der Waals surface area (Å²) in [5, 5.41) is 6.34. The number of hydrogen-bond acceptors (Lipinski definition) is 3. The number of hydrogen-bond donors (Lipinski definition) is 2. The summed E-state index contributed by atoms with van der Waals surface area (Å²) < 4.78 is 0. The van der Waals surface area contributed by atoms with Crippen molar-refractivity contribution in [1.29, 1.82) is 0 Å². The maximum Gasteiger partial charge on any atom is 0.225 e. The molecule has 0 saturated carbocycles. The zero-order valence-electron chi connectivity index (χ0n) is 14.1. The lowest BCUT2D eigenvalue weighted by molar-refractivity contribution is -0.116. The van der Waals surface area contributed by atoms with E-state index < -0.39 is 0 Å². The smallest absolute Gasteiger partial charge is 0.225 e. The number of nitrogens with zero attached hydrogens (tertiary/aromatic N) is 1. The molecule has 1 aromatic heterocycles. The Morgan fingerprint density at radius 3 is 2.74 bits per heavy atom. The number of anilines is 1. The Labute approximate surface area is 138 Å². The predicted molar refractivity (Wildman–Crippen MR) is 94.5 cm³/mol. The summed E-state index contributed by atoms with van der Waals surface area (Å²) in [5.74, 6) is 0.425. The van der Waals surface area contributed by atoms with Crippen molar-refractivity contribution >= 4 is 11.6 Å². The Kier molecular flexibility index (Phi) is 6.29. The highest BCUT2D eigenvalue weighted by molar-refractivity contribution is 5.92. The van der Waals surface area contributed by atoms with Crippen LogP contribution in [-0.4, -0.2) is 17.4 Å². The van der Waals surface area contributed by atoms with Crippen molar-refractivity contribution in [2.24, 2.45) is 0 Å². The third-order valence-electron chi connectivity index (χ3n) is 3.77. The van der Waals surface area contributed by atoms with Gasteiger partial charge in [0.25, 0.3) is 0 Å². The number of rotatable bonds is 7. The first-order chi connectivity index (χ1) is 11.1. The lowest BCUT2D eigenvalue weighted by Gasteiger charge is -2.16. The van der Waals surface area contributed by atoms with Crippen LogP contribution in [0.15, 0.2) is 42.7 Å². The monoisotopic (exact) mass is 311 g/mol. The summed E-state index contributed by atoms with van der Waals surface area (Å²) in [6.45, 7) is 7.67. The van der Waals surface area contributed by atoms with E-state index in [1.165, 1.54) is 5.56 Å². The first-order valence-electron chi connectivity index (χ1n) is 8.07. The summed E-state index contributed by atoms with van der Waals surface area (Å²) >= 11 is 0. The van der Waals surface area contributed by atoms with Gasteiger partial charge >= 0.3 is 0 Å². The van der Waals surface area contributed by atoms with Crippen molar-refractivity contribution in [2.75, 3.05) is 11.9 Å². The minimum absolute atomic E-state index is 0.0416. The predicted octanol–water partition coefficient (Wildman–Crippen LogP) is 3.63. The number of nitrogens with one attached hydrogen (secondary N) is 2. The fourth-order valence-corrected chi connectivity index (χ4v) is 2.48. The van der Waals surface area contributed by atoms with Crippen molar-refractivity contribution in [3.8, 4) is 0 Å². The van der Waals surface area contributed by atoms with Crippen LogP contribution in [0.1, 0.15) is 42.9 Å². The third kappa shape index (κ3) is 5.18. The quantitative estimate of drug-likeness (QED) is 0.768. The molecule has 0 atom stereocenters. The van der Waals surface area contributed by atoms with Crippen LogP contribution in [0.4, 0.5) is 5.69 Å². The summed E-state index contributed by atoms with van der Waals surface area (Å²) in [4.78, 5) is 16.3. The lowest BCUT2D eigenvalue weighted by atomic mass is 9.98. The van der Waals surface area contributed by atoms with Crippen LogP contribution in [-0.2, 0) is 11.3 Å². The lowest BCUT2D eigenvalue weighted by Crippen LogP contribution is -2.22. The van der Waals surface area contributed by atoms with E-state index in [2.05, 4.69) is 35.5 Å². The Balaban J connectivity index is 1.83. The molecule has 2 N–H and O–H groups in total. The number of amides is 1. The zero-order valence-corrected chi connectivity index (χ0v) is 14.1. The van der Waals surface area contributed by atoms with Gasteiger partial charge in [0.1, 0.15) is 0 Å². The fourth-order valence-electron chi connectivity index (χ4n) is 2.48. The molecule has 122 valence electrons. The van der Waals surface area contributed by atoms with Crippen molar-refractivity contribution < 1.29 is 4.79 Å². The molecule has 2 rings (SSSR count). The fraction of sp³-hybridized carbons (Fsp3) is 0.368. The highest BCUT2D eigenvalue weighted by Crippen LogP contribution is 2.27. The molecule has 0 spiro atoms. The zero-order chi connectivity index (χ0) is 16.7. The van der Waals surface area contributed by atoms with Gasteiger partial charge in [-0.05, 0) is 35.6 Å². The summed E-state index contributed by atoms with van der Waals surface area (Å²) in [7, 11) is 0. The molecule has 0 unspecified atom stereocenters. The highest BCUT2D eigenvalue weighted by atomic mass is 16.1. The van der Waals surface area contributed by atoms with Crippen molar-refractivity contribution in [3.63, 3.8) is 0 Å². The topological polar surface area (TPSA) is 54.0 Å². The van der Waals surface area contributed by atoms with Gasteiger partial charge in [-0.1, -0.05) is 38.1 Å². The van der Waals surface area contributed by atoms with Crippen molar-refractivity contribution in [2.45, 2.75) is 39.7 Å². The van der Waals surface area contributed by atoms with Gasteiger partial charge in [0.2, 0.25) is 5.91 Å². The Morgan fingerprint density at radius 2 is 2.04 bits per heavy atom. The average molecular weight is 311 g/mol. The molecule has 0 aliphatic carbocycles. The number of benzene rings is 1. The van der Waals surface area contributed by atoms with E-state index >= 15 is 0 Å². The van der Waals surface area contributed by atoms with E-state index in [1.54, 1.807) is 6.20 Å². The van der Waals surface area contributed by atoms with Crippen LogP contribution in [0.5, 0.6) is 0 Å². The molecular weight excluding hydrogens is 286 g/mol. The Hall–Kier alpha value is -2.20. The molecule has 0 fully saturated rings. The van der Waals surface area contributed by atoms with Crippen LogP contribution in [0.3, 0.4) is 0 Å². The van der Waals surface area contributed by atoms with E-state index in [0.717, 1.165) is 23.4 Å². The first kappa shape index (κ1) is 17.2. The standard InChI is InChI=1S/C19H25N3O/c1-14(2)17-8-4-6-15(3)19(17)22-18(23)9-11-21-13-16-7-5-10-20-12-16/h4-8,10,12,14,21H,9,11,13H2,1-3H3,(H,22,23). The number of aromatic nitrogens is 1. The SMILES string of the molecule is Cc1cccc(C(C)C)c1NC(=O)CCNCc1cccnc1. The van der Waals surface area contributed by atoms with E-state index in [0.29, 0.717) is 18.9 Å². The second kappa shape index (κ2) is 8.44. The van der Waals surface area contributed by atoms with Crippen LogP contribution < -0.4 is 10.6 Å². The number of para-hydroxylation sites is 1. The normalized spacial score (nSPS) is 10.8. The van der Waals surface area contributed by atoms with E-state index in [-0.39, 0.29) is 5.91 Å². The molecule has 2 aromatic rings. The Morgan fingerprint density at radius 1 is 1.22 bits per heavy atom. The van der Waals surface area contributed by atoms with Gasteiger partial charge in [-0.2, -0.15) is 0 Å². The molecule has 0 radical (unpaired) electrons. The largest absolute Gasteiger partial charge is 0.326 e. The van der Waals surface area contributed by atoms with Gasteiger partial charge in [-0.15, -0.1) is 0 Å². The molecule has 4 nitrogen and oxygen atoms in total. The average Bonchev–Trinajstić information content (AvgIpc) is 2.54. The molecule has 1 amide bonds. The van der Waals surface area contributed by atoms with E-state index in [9.17, 15) is 4.79 Å². The molecule has 1 aromatic carbocycles. The Bertz CT molecular complexity index is 638. The molecule has 23 heavy (non-hydrogen) atoms. The molecule has 0 aliphatic heterocycles. The van der Waals surface area contributed by atoms with Gasteiger partial charge in [-0.25, -0.2) is 0 Å². The van der Waals surface area contributed by atoms with Gasteiger partial charge in [-0.3, -0.25) is 9.78 Å². The highest BCUT2D eigenvalue weighted by Gasteiger charge is 2.11. The van der Waals surface area contributed by atoms with Crippen LogP contribution in [0.25, 0.3) is 0 Å². The van der Waals surface area contributed by atoms with E-state index in [4.69, 9.17) is 0 Å². The number of carbonyl (C=O) groups excluding carboxylic acids is 1. The van der Waals surface area contributed by atoms with Crippen molar-refractivity contribution in [3.05, 3.63) is 59.4 Å². The summed E-state index contributed by atoms with van der Waals surface area (Å²) in [6, 6.07) is 10.1. The summed E-state index contributed by atoms with van der Waals surface area (Å²) in [5.41, 5.74) is 4.36. The third-order valence-corrected chi connectivity index (χ3v) is 3.77. The van der Waals surface area contributed by atoms with Gasteiger partial charge in [0.15, 0.2) is 0 Å². The van der Waals surface area contributed by atoms with E-state index in [1.807, 2.05) is 37.4 Å². The van der Waals surface area contributed by atoms with Gasteiger partial charge in [0, 0.05) is 37.6 Å². The molecule has 0 aliphatic rings. The number of aryl methyl sites for hydroxylation is 1. The molecular formula is C19H25N3O. The van der Waals surface area contributed by atoms with Gasteiger partial charge < -0.3 is 10.6 Å². The molecule has 4 heteroatoms. The van der Waals surface area contributed by atoms with Crippen molar-refractivity contribution in [1.82, 2.24) is 10.3 Å². The van der Waals surface area contributed by atoms with Crippen LogP contribution in [0.2, 0.25) is 0 Å². The maximum atomic E-state index is 12.2. The number of pyridine rings is 1. The maximum absolute atomic E-state index is 12.2. The summed E-state index contributed by atoms with van der Waals surface area (Å²) in [6.07, 6.45) is 4.03. The second-order valence-corrected chi connectivity index (χ2v) is 6.03.